The van der Waals surface area contributed by atoms with Crippen molar-refractivity contribution in [1.29, 1.82) is 0 Å². The number of fused-ring (bicyclic) bond motifs is 1. The second kappa shape index (κ2) is 8.74. The summed E-state index contributed by atoms with van der Waals surface area (Å²) in [5, 5.41) is 2.66. The molecule has 0 atom stereocenters. The summed E-state index contributed by atoms with van der Waals surface area (Å²) in [5.74, 6) is -0.230. The molecule has 0 spiro atoms. The Morgan fingerprint density at radius 3 is 2.42 bits per heavy atom. The number of aromatic nitrogens is 2. The van der Waals surface area contributed by atoms with E-state index >= 15 is 0 Å². The topological polar surface area (TPSA) is 71.9 Å². The Morgan fingerprint density at radius 2 is 1.68 bits per heavy atom. The quantitative estimate of drug-likeness (QED) is 0.459. The van der Waals surface area contributed by atoms with E-state index in [0.717, 1.165) is 16.3 Å². The number of aromatic amines is 1. The fourth-order valence-corrected chi connectivity index (χ4v) is 4.01. The van der Waals surface area contributed by atoms with Crippen LogP contribution >= 0.6 is 11.6 Å². The van der Waals surface area contributed by atoms with E-state index in [9.17, 15) is 14.4 Å². The smallest absolute Gasteiger partial charge is 0.292 e. The van der Waals surface area contributed by atoms with Gasteiger partial charge in [0.1, 0.15) is 0 Å². The van der Waals surface area contributed by atoms with Crippen molar-refractivity contribution >= 4 is 28.2 Å². The molecule has 0 saturated heterocycles. The van der Waals surface area contributed by atoms with Crippen molar-refractivity contribution in [2.75, 3.05) is 0 Å². The van der Waals surface area contributed by atoms with Gasteiger partial charge in [-0.1, -0.05) is 61.0 Å². The van der Waals surface area contributed by atoms with Gasteiger partial charge in [0.2, 0.25) is 0 Å². The normalized spacial score (nSPS) is 11.0. The van der Waals surface area contributed by atoms with Crippen molar-refractivity contribution in [3.63, 3.8) is 0 Å². The first-order valence-electron chi connectivity index (χ1n) is 10.1. The van der Waals surface area contributed by atoms with Crippen LogP contribution in [0.4, 0.5) is 0 Å². The van der Waals surface area contributed by atoms with Gasteiger partial charge in [-0.05, 0) is 47.0 Å². The van der Waals surface area contributed by atoms with E-state index < -0.39 is 11.2 Å². The summed E-state index contributed by atoms with van der Waals surface area (Å²) in [6.45, 7) is 1.71. The van der Waals surface area contributed by atoms with Crippen LogP contribution in [0.15, 0.2) is 76.3 Å². The zero-order valence-electron chi connectivity index (χ0n) is 17.0. The van der Waals surface area contributed by atoms with Crippen LogP contribution < -0.4 is 11.2 Å². The highest BCUT2D eigenvalue weighted by Crippen LogP contribution is 2.22. The lowest BCUT2D eigenvalue weighted by molar-refractivity contribution is 0.0969. The van der Waals surface area contributed by atoms with E-state index in [4.69, 9.17) is 11.6 Å². The number of ketones is 1. The third-order valence-electron chi connectivity index (χ3n) is 5.47. The predicted octanol–water partition coefficient (Wildman–Crippen LogP) is 4.38. The Morgan fingerprint density at radius 1 is 0.968 bits per heavy atom. The molecular formula is C25H21ClN2O3. The highest BCUT2D eigenvalue weighted by atomic mass is 35.5. The number of hydrogen-bond donors (Lipinski definition) is 1. The maximum absolute atomic E-state index is 12.9. The van der Waals surface area contributed by atoms with E-state index in [1.165, 1.54) is 4.57 Å². The number of Topliss-reactive ketones (excluding diaryl/α,β-unsaturated/α-hetero) is 1. The van der Waals surface area contributed by atoms with Gasteiger partial charge in [0.05, 0.1) is 6.54 Å². The molecule has 1 aromatic heterocycles. The summed E-state index contributed by atoms with van der Waals surface area (Å²) >= 11 is 5.92. The fraction of sp³-hybridized carbons (Fsp3) is 0.160. The van der Waals surface area contributed by atoms with Crippen LogP contribution in [0.2, 0.25) is 5.02 Å². The van der Waals surface area contributed by atoms with Gasteiger partial charge in [-0.2, -0.15) is 0 Å². The minimum absolute atomic E-state index is 0.162. The highest BCUT2D eigenvalue weighted by molar-refractivity contribution is 6.30. The zero-order valence-corrected chi connectivity index (χ0v) is 17.8. The molecule has 0 saturated carbocycles. The first-order valence-corrected chi connectivity index (χ1v) is 10.5. The largest absolute Gasteiger partial charge is 0.328 e. The first kappa shape index (κ1) is 20.8. The molecule has 0 unspecified atom stereocenters. The predicted molar refractivity (Wildman–Crippen MR) is 123 cm³/mol. The molecule has 31 heavy (non-hydrogen) atoms. The maximum Gasteiger partial charge on any atom is 0.328 e. The van der Waals surface area contributed by atoms with Crippen molar-refractivity contribution < 1.29 is 4.79 Å². The lowest BCUT2D eigenvalue weighted by atomic mass is 9.98. The van der Waals surface area contributed by atoms with E-state index in [0.29, 0.717) is 34.7 Å². The zero-order chi connectivity index (χ0) is 22.0. The molecule has 0 amide bonds. The Balaban J connectivity index is 1.82. The molecule has 0 aliphatic rings. The van der Waals surface area contributed by atoms with Crippen LogP contribution in [0.25, 0.3) is 10.8 Å². The van der Waals surface area contributed by atoms with Gasteiger partial charge in [0, 0.05) is 28.3 Å². The number of benzene rings is 3. The van der Waals surface area contributed by atoms with Crippen LogP contribution in [0.5, 0.6) is 0 Å². The van der Waals surface area contributed by atoms with Gasteiger partial charge in [0.15, 0.2) is 5.78 Å². The summed E-state index contributed by atoms with van der Waals surface area (Å²) < 4.78 is 1.39. The van der Waals surface area contributed by atoms with Crippen LogP contribution in [-0.2, 0) is 19.4 Å². The lowest BCUT2D eigenvalue weighted by Crippen LogP contribution is -2.37. The average Bonchev–Trinajstić information content (AvgIpc) is 2.77. The van der Waals surface area contributed by atoms with Crippen molar-refractivity contribution in [3.05, 3.63) is 115 Å². The minimum atomic E-state index is -0.584. The molecule has 0 radical (unpaired) electrons. The summed E-state index contributed by atoms with van der Waals surface area (Å²) in [6.07, 6.45) is 0.822. The molecule has 6 heteroatoms. The molecule has 4 aromatic rings. The van der Waals surface area contributed by atoms with Crippen LogP contribution in [0.1, 0.15) is 34.1 Å². The maximum atomic E-state index is 12.9. The molecule has 0 fully saturated rings. The third kappa shape index (κ3) is 4.23. The number of nitrogens with one attached hydrogen (secondary N) is 1. The molecule has 0 bridgehead atoms. The molecule has 156 valence electrons. The summed E-state index contributed by atoms with van der Waals surface area (Å²) in [5.41, 5.74) is 1.53. The van der Waals surface area contributed by atoms with Crippen molar-refractivity contribution in [3.8, 4) is 0 Å². The van der Waals surface area contributed by atoms with Crippen molar-refractivity contribution in [1.82, 2.24) is 9.55 Å². The molecular weight excluding hydrogens is 412 g/mol. The Kier molecular flexibility index (Phi) is 5.87. The SMILES string of the molecule is CCc1c(Cc2cccc3ccccc23)n(CC(=O)c2ccc(Cl)cc2)c(=O)[nH]c1=O. The summed E-state index contributed by atoms with van der Waals surface area (Å²) in [6, 6.07) is 20.5. The Labute approximate surface area is 183 Å². The molecule has 1 N–H and O–H groups in total. The number of halogens is 1. The highest BCUT2D eigenvalue weighted by Gasteiger charge is 2.18. The summed E-state index contributed by atoms with van der Waals surface area (Å²) in [4.78, 5) is 40.5. The molecule has 0 aliphatic heterocycles. The number of carbonyl (C=O) groups excluding carboxylic acids is 1. The molecule has 5 nitrogen and oxygen atoms in total. The third-order valence-corrected chi connectivity index (χ3v) is 5.73. The van der Waals surface area contributed by atoms with Crippen LogP contribution in [-0.4, -0.2) is 15.3 Å². The number of rotatable bonds is 6. The molecule has 0 aliphatic carbocycles. The van der Waals surface area contributed by atoms with E-state index in [2.05, 4.69) is 4.98 Å². The van der Waals surface area contributed by atoms with Crippen molar-refractivity contribution in [2.45, 2.75) is 26.3 Å². The second-order valence-electron chi connectivity index (χ2n) is 7.37. The first-order chi connectivity index (χ1) is 15.0. The van der Waals surface area contributed by atoms with Crippen LogP contribution in [0, 0.1) is 0 Å². The second-order valence-corrected chi connectivity index (χ2v) is 7.81. The number of nitrogens with zero attached hydrogens (tertiary/aromatic N) is 1. The monoisotopic (exact) mass is 432 g/mol. The van der Waals surface area contributed by atoms with Gasteiger partial charge in [-0.15, -0.1) is 0 Å². The standard InChI is InChI=1S/C25H21ClN2O3/c1-2-20-22(14-18-8-5-7-16-6-3-4-9-21(16)18)28(25(31)27-24(20)30)15-23(29)17-10-12-19(26)13-11-17/h3-13H,2,14-15H2,1H3,(H,27,30,31). The Hall–Kier alpha value is -3.44. The van der Waals surface area contributed by atoms with Gasteiger partial charge in [0.25, 0.3) is 5.56 Å². The van der Waals surface area contributed by atoms with Gasteiger partial charge in [-0.25, -0.2) is 4.79 Å². The number of H-pyrrole nitrogens is 1. The number of hydrogen-bond acceptors (Lipinski definition) is 3. The van der Waals surface area contributed by atoms with Gasteiger partial charge < -0.3 is 0 Å². The van der Waals surface area contributed by atoms with Crippen LogP contribution in [0.3, 0.4) is 0 Å². The van der Waals surface area contributed by atoms with Crippen molar-refractivity contribution in [2.24, 2.45) is 0 Å². The number of carbonyl (C=O) groups is 1. The van der Waals surface area contributed by atoms with E-state index in [-0.39, 0.29) is 12.3 Å². The molecule has 4 rings (SSSR count). The summed E-state index contributed by atoms with van der Waals surface area (Å²) in [7, 11) is 0. The van der Waals surface area contributed by atoms with Gasteiger partial charge in [-0.3, -0.25) is 19.1 Å². The lowest BCUT2D eigenvalue weighted by Gasteiger charge is -2.16. The van der Waals surface area contributed by atoms with E-state index in [1.807, 2.05) is 49.4 Å². The Bertz CT molecular complexity index is 1380. The average molecular weight is 433 g/mol. The fourth-order valence-electron chi connectivity index (χ4n) is 3.89. The van der Waals surface area contributed by atoms with E-state index in [1.54, 1.807) is 24.3 Å². The minimum Gasteiger partial charge on any atom is -0.292 e. The molecule has 1 heterocycles. The molecule has 3 aromatic carbocycles. The van der Waals surface area contributed by atoms with Gasteiger partial charge >= 0.3 is 5.69 Å².